The summed E-state index contributed by atoms with van der Waals surface area (Å²) in [6.07, 6.45) is 2.54. The molecule has 104 valence electrons. The highest BCUT2D eigenvalue weighted by Gasteiger charge is 2.31. The fourth-order valence-electron chi connectivity index (χ4n) is 2.49. The van der Waals surface area contributed by atoms with Gasteiger partial charge in [-0.05, 0) is 19.8 Å². The fraction of sp³-hybridized carbons (Fsp3) is 0.643. The number of rotatable bonds is 3. The van der Waals surface area contributed by atoms with Gasteiger partial charge in [-0.25, -0.2) is 9.97 Å². The highest BCUT2D eigenvalue weighted by molar-refractivity contribution is 5.76. The predicted molar refractivity (Wildman–Crippen MR) is 75.1 cm³/mol. The molecule has 2 heterocycles. The van der Waals surface area contributed by atoms with Gasteiger partial charge in [-0.15, -0.1) is 0 Å². The topological polar surface area (TPSA) is 49.3 Å². The summed E-state index contributed by atoms with van der Waals surface area (Å²) in [7, 11) is 3.93. The van der Waals surface area contributed by atoms with Crippen LogP contribution in [0.3, 0.4) is 0 Å². The van der Waals surface area contributed by atoms with Gasteiger partial charge >= 0.3 is 0 Å². The standard InChI is InChI=1S/C14H22N4O/c1-5-13(19)18-8-6-7-11(18)14-15-10(2)9-12(16-14)17(3)4/h9,11H,5-8H2,1-4H3. The molecule has 1 aliphatic rings. The van der Waals surface area contributed by atoms with Crippen LogP contribution in [0.25, 0.3) is 0 Å². The van der Waals surface area contributed by atoms with E-state index in [2.05, 4.69) is 9.97 Å². The predicted octanol–water partition coefficient (Wildman–Crippen LogP) is 1.92. The molecule has 0 N–H and O–H groups in total. The first-order valence-corrected chi connectivity index (χ1v) is 6.85. The average Bonchev–Trinajstić information content (AvgIpc) is 2.86. The minimum absolute atomic E-state index is 0.0473. The van der Waals surface area contributed by atoms with Gasteiger partial charge in [-0.1, -0.05) is 6.92 Å². The molecule has 1 fully saturated rings. The van der Waals surface area contributed by atoms with Crippen LogP contribution in [-0.2, 0) is 4.79 Å². The number of nitrogens with zero attached hydrogens (tertiary/aromatic N) is 4. The van der Waals surface area contributed by atoms with Crippen LogP contribution in [0.2, 0.25) is 0 Å². The van der Waals surface area contributed by atoms with E-state index in [1.807, 2.05) is 43.8 Å². The first-order chi connectivity index (χ1) is 9.02. The molecular weight excluding hydrogens is 240 g/mol. The second-order valence-corrected chi connectivity index (χ2v) is 5.22. The Morgan fingerprint density at radius 3 is 2.84 bits per heavy atom. The molecular formula is C14H22N4O. The number of amides is 1. The van der Waals surface area contributed by atoms with Crippen molar-refractivity contribution in [3.8, 4) is 0 Å². The minimum atomic E-state index is 0.0473. The number of carbonyl (C=O) groups excluding carboxylic acids is 1. The zero-order chi connectivity index (χ0) is 14.0. The first-order valence-electron chi connectivity index (χ1n) is 6.85. The van der Waals surface area contributed by atoms with Crippen LogP contribution in [0.1, 0.15) is 43.7 Å². The molecule has 0 saturated carbocycles. The maximum Gasteiger partial charge on any atom is 0.222 e. The van der Waals surface area contributed by atoms with E-state index in [0.29, 0.717) is 6.42 Å². The highest BCUT2D eigenvalue weighted by atomic mass is 16.2. The van der Waals surface area contributed by atoms with E-state index in [1.165, 1.54) is 0 Å². The Balaban J connectivity index is 2.32. The smallest absolute Gasteiger partial charge is 0.222 e. The SMILES string of the molecule is CCC(=O)N1CCCC1c1nc(C)cc(N(C)C)n1. The lowest BCUT2D eigenvalue weighted by molar-refractivity contribution is -0.131. The molecule has 0 spiro atoms. The van der Waals surface area contributed by atoms with Crippen molar-refractivity contribution < 1.29 is 4.79 Å². The van der Waals surface area contributed by atoms with Crippen LogP contribution in [0.15, 0.2) is 6.07 Å². The van der Waals surface area contributed by atoms with E-state index in [1.54, 1.807) is 0 Å². The molecule has 0 aliphatic carbocycles. The second kappa shape index (κ2) is 5.55. The summed E-state index contributed by atoms with van der Waals surface area (Å²) in [4.78, 5) is 25.0. The molecule has 1 aromatic rings. The summed E-state index contributed by atoms with van der Waals surface area (Å²) >= 11 is 0. The van der Waals surface area contributed by atoms with Crippen LogP contribution in [0.5, 0.6) is 0 Å². The van der Waals surface area contributed by atoms with Crippen LogP contribution in [0, 0.1) is 6.92 Å². The molecule has 1 amide bonds. The fourth-order valence-corrected chi connectivity index (χ4v) is 2.49. The van der Waals surface area contributed by atoms with Gasteiger partial charge < -0.3 is 9.80 Å². The Bertz CT molecular complexity index is 473. The normalized spacial score (nSPS) is 18.7. The molecule has 1 atom stereocenters. The summed E-state index contributed by atoms with van der Waals surface area (Å²) in [6.45, 7) is 4.70. The van der Waals surface area contributed by atoms with Crippen molar-refractivity contribution in [2.45, 2.75) is 39.2 Å². The van der Waals surface area contributed by atoms with Gasteiger partial charge in [0.1, 0.15) is 5.82 Å². The number of hydrogen-bond donors (Lipinski definition) is 0. The quantitative estimate of drug-likeness (QED) is 0.835. The first kappa shape index (κ1) is 13.8. The van der Waals surface area contributed by atoms with Crippen molar-refractivity contribution in [3.63, 3.8) is 0 Å². The van der Waals surface area contributed by atoms with Gasteiger partial charge in [0.05, 0.1) is 6.04 Å². The summed E-state index contributed by atoms with van der Waals surface area (Å²) in [5.41, 5.74) is 0.949. The van der Waals surface area contributed by atoms with Gasteiger partial charge in [-0.2, -0.15) is 0 Å². The largest absolute Gasteiger partial charge is 0.363 e. The van der Waals surface area contributed by atoms with Gasteiger partial charge in [0, 0.05) is 38.8 Å². The van der Waals surface area contributed by atoms with Crippen molar-refractivity contribution in [1.82, 2.24) is 14.9 Å². The Hall–Kier alpha value is -1.65. The molecule has 1 saturated heterocycles. The van der Waals surface area contributed by atoms with Crippen molar-refractivity contribution in [2.75, 3.05) is 25.5 Å². The number of hydrogen-bond acceptors (Lipinski definition) is 4. The van der Waals surface area contributed by atoms with E-state index < -0.39 is 0 Å². The summed E-state index contributed by atoms with van der Waals surface area (Å²) in [5.74, 6) is 1.88. The van der Waals surface area contributed by atoms with Crippen LogP contribution < -0.4 is 4.90 Å². The van der Waals surface area contributed by atoms with Crippen molar-refractivity contribution in [3.05, 3.63) is 17.6 Å². The highest BCUT2D eigenvalue weighted by Crippen LogP contribution is 2.31. The van der Waals surface area contributed by atoms with E-state index >= 15 is 0 Å². The third kappa shape index (κ3) is 2.85. The number of carbonyl (C=O) groups is 1. The molecule has 0 radical (unpaired) electrons. The summed E-state index contributed by atoms with van der Waals surface area (Å²) in [6, 6.07) is 2.01. The zero-order valence-corrected chi connectivity index (χ0v) is 12.2. The maximum atomic E-state index is 12.0. The Morgan fingerprint density at radius 2 is 2.21 bits per heavy atom. The van der Waals surface area contributed by atoms with Gasteiger partial charge in [0.2, 0.25) is 5.91 Å². The van der Waals surface area contributed by atoms with E-state index in [4.69, 9.17) is 0 Å². The maximum absolute atomic E-state index is 12.0. The third-order valence-corrected chi connectivity index (χ3v) is 3.49. The van der Waals surface area contributed by atoms with Crippen molar-refractivity contribution >= 4 is 11.7 Å². The Morgan fingerprint density at radius 1 is 1.47 bits per heavy atom. The average molecular weight is 262 g/mol. The van der Waals surface area contributed by atoms with Gasteiger partial charge in [0.15, 0.2) is 5.82 Å². The molecule has 1 unspecified atom stereocenters. The molecule has 0 aromatic carbocycles. The van der Waals surface area contributed by atoms with E-state index in [9.17, 15) is 4.79 Å². The molecule has 2 rings (SSSR count). The number of likely N-dealkylation sites (tertiary alicyclic amines) is 1. The molecule has 5 heteroatoms. The summed E-state index contributed by atoms with van der Waals surface area (Å²) in [5, 5.41) is 0. The molecule has 19 heavy (non-hydrogen) atoms. The molecule has 5 nitrogen and oxygen atoms in total. The lowest BCUT2D eigenvalue weighted by Gasteiger charge is -2.24. The molecule has 1 aromatic heterocycles. The lowest BCUT2D eigenvalue weighted by atomic mass is 10.2. The Kier molecular flexibility index (Phi) is 4.02. The second-order valence-electron chi connectivity index (χ2n) is 5.22. The molecule has 0 bridgehead atoms. The van der Waals surface area contributed by atoms with E-state index in [0.717, 1.165) is 36.7 Å². The number of anilines is 1. The van der Waals surface area contributed by atoms with Gasteiger partial charge in [0.25, 0.3) is 0 Å². The van der Waals surface area contributed by atoms with E-state index in [-0.39, 0.29) is 11.9 Å². The monoisotopic (exact) mass is 262 g/mol. The van der Waals surface area contributed by atoms with Crippen LogP contribution in [-0.4, -0.2) is 41.4 Å². The summed E-state index contributed by atoms with van der Waals surface area (Å²) < 4.78 is 0. The number of aromatic nitrogens is 2. The third-order valence-electron chi connectivity index (χ3n) is 3.49. The van der Waals surface area contributed by atoms with Crippen molar-refractivity contribution in [1.29, 1.82) is 0 Å². The van der Waals surface area contributed by atoms with Gasteiger partial charge in [-0.3, -0.25) is 4.79 Å². The molecule has 1 aliphatic heterocycles. The van der Waals surface area contributed by atoms with Crippen LogP contribution >= 0.6 is 0 Å². The Labute approximate surface area is 114 Å². The lowest BCUT2D eigenvalue weighted by Crippen LogP contribution is -2.31. The number of aryl methyl sites for hydroxylation is 1. The van der Waals surface area contributed by atoms with Crippen molar-refractivity contribution in [2.24, 2.45) is 0 Å². The zero-order valence-electron chi connectivity index (χ0n) is 12.2. The van der Waals surface area contributed by atoms with Crippen LogP contribution in [0.4, 0.5) is 5.82 Å². The minimum Gasteiger partial charge on any atom is -0.363 e.